The molecule has 2 aromatic heterocycles. The molecule has 0 atom stereocenters. The Morgan fingerprint density at radius 2 is 2.19 bits per heavy atom. The van der Waals surface area contributed by atoms with Crippen molar-refractivity contribution < 1.29 is 4.79 Å². The Morgan fingerprint density at radius 3 is 2.81 bits per heavy atom. The number of Topliss-reactive ketones (excluding diaryl/α,β-unsaturated/α-hetero) is 1. The summed E-state index contributed by atoms with van der Waals surface area (Å²) in [4.78, 5) is 16.2. The summed E-state index contributed by atoms with van der Waals surface area (Å²) in [6, 6.07) is 3.73. The molecule has 0 unspecified atom stereocenters. The molecule has 0 aliphatic carbocycles. The molecule has 21 heavy (non-hydrogen) atoms. The second kappa shape index (κ2) is 5.93. The van der Waals surface area contributed by atoms with Crippen LogP contribution >= 0.6 is 11.8 Å². The minimum Gasteiger partial charge on any atom is -0.401 e. The number of carbonyl (C=O) groups excluding carboxylic acids is 1. The van der Waals surface area contributed by atoms with Crippen LogP contribution in [0.4, 0.5) is 0 Å². The average molecular weight is 302 g/mol. The minimum atomic E-state index is -0.322. The molecule has 2 heterocycles. The van der Waals surface area contributed by atoms with Gasteiger partial charge in [-0.15, -0.1) is 10.2 Å². The average Bonchev–Trinajstić information content (AvgIpc) is 2.79. The summed E-state index contributed by atoms with van der Waals surface area (Å²) in [7, 11) is 0. The van der Waals surface area contributed by atoms with Gasteiger partial charge in [-0.05, 0) is 26.8 Å². The van der Waals surface area contributed by atoms with E-state index in [-0.39, 0.29) is 22.8 Å². The monoisotopic (exact) mass is 302 g/mol. The van der Waals surface area contributed by atoms with Gasteiger partial charge in [0, 0.05) is 17.1 Å². The van der Waals surface area contributed by atoms with Crippen LogP contribution in [0.15, 0.2) is 22.5 Å². The first-order valence-electron chi connectivity index (χ1n) is 6.16. The molecule has 0 radical (unpaired) electrons. The van der Waals surface area contributed by atoms with Gasteiger partial charge in [-0.25, -0.2) is 4.98 Å². The highest BCUT2D eigenvalue weighted by atomic mass is 32.2. The molecule has 0 aliphatic rings. The Morgan fingerprint density at radius 1 is 1.48 bits per heavy atom. The van der Waals surface area contributed by atoms with Crippen molar-refractivity contribution in [3.05, 3.63) is 28.7 Å². The lowest BCUT2D eigenvalue weighted by atomic mass is 10.2. The van der Waals surface area contributed by atoms with Gasteiger partial charge >= 0.3 is 0 Å². The van der Waals surface area contributed by atoms with Gasteiger partial charge in [-0.2, -0.15) is 5.26 Å². The number of hydrogen-bond acceptors (Lipinski definition) is 7. The lowest BCUT2D eigenvalue weighted by Gasteiger charge is -2.04. The topological polar surface area (TPSA) is 110 Å². The summed E-state index contributed by atoms with van der Waals surface area (Å²) in [5.74, 6) is 0.247. The largest absolute Gasteiger partial charge is 0.401 e. The number of ketones is 1. The number of nitrogens with zero attached hydrogens (tertiary/aromatic N) is 5. The van der Waals surface area contributed by atoms with E-state index < -0.39 is 0 Å². The van der Waals surface area contributed by atoms with E-state index in [1.165, 1.54) is 18.7 Å². The molecular weight excluding hydrogens is 288 g/mol. The number of hydrogen-bond donors (Lipinski definition) is 1. The predicted octanol–water partition coefficient (Wildman–Crippen LogP) is 1.16. The number of nitrogens with two attached hydrogens (primary N) is 1. The number of fused-ring (bicyclic) bond motifs is 1. The van der Waals surface area contributed by atoms with E-state index in [1.807, 2.05) is 26.0 Å². The first kappa shape index (κ1) is 15.0. The van der Waals surface area contributed by atoms with Crippen molar-refractivity contribution in [2.24, 2.45) is 5.73 Å². The number of aryl methyl sites for hydroxylation is 2. The lowest BCUT2D eigenvalue weighted by Crippen LogP contribution is -2.10. The van der Waals surface area contributed by atoms with Gasteiger partial charge in [0.2, 0.25) is 0 Å². The van der Waals surface area contributed by atoms with Crippen LogP contribution < -0.4 is 5.73 Å². The smallest absolute Gasteiger partial charge is 0.256 e. The molecule has 7 nitrogen and oxygen atoms in total. The third-order valence-corrected chi connectivity index (χ3v) is 3.71. The summed E-state index contributed by atoms with van der Waals surface area (Å²) in [6.07, 6.45) is 0. The maximum absolute atomic E-state index is 11.9. The zero-order valence-electron chi connectivity index (χ0n) is 11.9. The van der Waals surface area contributed by atoms with E-state index in [1.54, 1.807) is 4.40 Å². The minimum absolute atomic E-state index is 0.0120. The Labute approximate surface area is 125 Å². The summed E-state index contributed by atoms with van der Waals surface area (Å²) in [5.41, 5.74) is 7.51. The molecule has 0 amide bonds. The molecule has 0 aromatic carbocycles. The zero-order chi connectivity index (χ0) is 15.6. The van der Waals surface area contributed by atoms with E-state index in [0.717, 1.165) is 11.4 Å². The number of thioether (sulfide) groups is 1. The molecule has 2 aromatic rings. The number of carbonyl (C=O) groups is 1. The Balaban J connectivity index is 2.25. The predicted molar refractivity (Wildman–Crippen MR) is 78.5 cm³/mol. The van der Waals surface area contributed by atoms with Gasteiger partial charge in [0.1, 0.15) is 11.6 Å². The number of rotatable bonds is 4. The molecule has 0 saturated heterocycles. The van der Waals surface area contributed by atoms with E-state index in [9.17, 15) is 4.79 Å². The van der Waals surface area contributed by atoms with E-state index in [2.05, 4.69) is 15.2 Å². The first-order valence-corrected chi connectivity index (χ1v) is 7.14. The van der Waals surface area contributed by atoms with Gasteiger partial charge < -0.3 is 5.73 Å². The molecule has 0 spiro atoms. The van der Waals surface area contributed by atoms with Crippen molar-refractivity contribution in [3.63, 3.8) is 0 Å². The van der Waals surface area contributed by atoms with E-state index in [4.69, 9.17) is 11.0 Å². The molecule has 108 valence electrons. The van der Waals surface area contributed by atoms with Crippen molar-refractivity contribution in [3.8, 4) is 6.07 Å². The molecule has 0 saturated carbocycles. The summed E-state index contributed by atoms with van der Waals surface area (Å²) in [5, 5.41) is 17.5. The SMILES string of the molecule is C/C(N)=C(/C#N)C(=O)CSc1nnc2nc(C)cc(C)n12. The Hall–Kier alpha value is -2.40. The highest BCUT2D eigenvalue weighted by Gasteiger charge is 2.15. The lowest BCUT2D eigenvalue weighted by molar-refractivity contribution is -0.112. The number of allylic oxidation sites excluding steroid dienone is 2. The first-order chi connectivity index (χ1) is 9.93. The second-order valence-corrected chi connectivity index (χ2v) is 5.48. The van der Waals surface area contributed by atoms with Crippen molar-refractivity contribution in [1.29, 1.82) is 5.26 Å². The van der Waals surface area contributed by atoms with Crippen LogP contribution in [0.3, 0.4) is 0 Å². The number of nitriles is 1. The molecule has 2 rings (SSSR count). The van der Waals surface area contributed by atoms with Crippen LogP contribution in [-0.2, 0) is 4.79 Å². The molecule has 0 bridgehead atoms. The molecule has 0 fully saturated rings. The van der Waals surface area contributed by atoms with Crippen molar-refractivity contribution >= 4 is 23.3 Å². The van der Waals surface area contributed by atoms with Gasteiger partial charge in [0.15, 0.2) is 10.9 Å². The van der Waals surface area contributed by atoms with E-state index >= 15 is 0 Å². The summed E-state index contributed by atoms with van der Waals surface area (Å²) >= 11 is 1.20. The highest BCUT2D eigenvalue weighted by Crippen LogP contribution is 2.19. The normalized spacial score (nSPS) is 12.1. The third kappa shape index (κ3) is 3.03. The fourth-order valence-corrected chi connectivity index (χ4v) is 2.72. The van der Waals surface area contributed by atoms with Crippen LogP contribution in [0, 0.1) is 25.2 Å². The second-order valence-electron chi connectivity index (χ2n) is 4.54. The Bertz CT molecular complexity index is 782. The summed E-state index contributed by atoms with van der Waals surface area (Å²) < 4.78 is 1.77. The summed E-state index contributed by atoms with van der Waals surface area (Å²) in [6.45, 7) is 5.33. The Kier molecular flexibility index (Phi) is 4.23. The quantitative estimate of drug-likeness (QED) is 0.512. The maximum atomic E-state index is 11.9. The van der Waals surface area contributed by atoms with Crippen molar-refractivity contribution in [2.75, 3.05) is 5.75 Å². The highest BCUT2D eigenvalue weighted by molar-refractivity contribution is 7.99. The van der Waals surface area contributed by atoms with Crippen LogP contribution in [0.1, 0.15) is 18.3 Å². The number of aromatic nitrogens is 4. The maximum Gasteiger partial charge on any atom is 0.256 e. The fourth-order valence-electron chi connectivity index (χ4n) is 1.87. The molecule has 8 heteroatoms. The van der Waals surface area contributed by atoms with Gasteiger partial charge in [-0.1, -0.05) is 11.8 Å². The standard InChI is InChI=1S/C13H14N6OS/c1-7-4-8(2)19-12(16-7)17-18-13(19)21-6-11(20)10(5-14)9(3)15/h4H,6,15H2,1-3H3/b10-9+. The molecular formula is C13H14N6OS. The molecule has 2 N–H and O–H groups in total. The van der Waals surface area contributed by atoms with Gasteiger partial charge in [-0.3, -0.25) is 9.20 Å². The van der Waals surface area contributed by atoms with Gasteiger partial charge in [0.05, 0.1) is 5.75 Å². The third-order valence-electron chi connectivity index (χ3n) is 2.78. The molecule has 0 aliphatic heterocycles. The van der Waals surface area contributed by atoms with E-state index in [0.29, 0.717) is 10.9 Å². The van der Waals surface area contributed by atoms with Crippen LogP contribution in [0.25, 0.3) is 5.78 Å². The van der Waals surface area contributed by atoms with Gasteiger partial charge in [0.25, 0.3) is 5.78 Å². The van der Waals surface area contributed by atoms with Crippen LogP contribution in [0.5, 0.6) is 0 Å². The fraction of sp³-hybridized carbons (Fsp3) is 0.308. The zero-order valence-corrected chi connectivity index (χ0v) is 12.7. The van der Waals surface area contributed by atoms with Crippen LogP contribution in [-0.4, -0.2) is 31.1 Å². The van der Waals surface area contributed by atoms with Crippen molar-refractivity contribution in [1.82, 2.24) is 19.6 Å². The van der Waals surface area contributed by atoms with Crippen LogP contribution in [0.2, 0.25) is 0 Å². The van der Waals surface area contributed by atoms with Crippen molar-refractivity contribution in [2.45, 2.75) is 25.9 Å².